The molecule has 0 radical (unpaired) electrons. The van der Waals surface area contributed by atoms with E-state index in [1.165, 1.54) is 45.3 Å². The Kier molecular flexibility index (Phi) is 5.87. The molecule has 19 heavy (non-hydrogen) atoms. The van der Waals surface area contributed by atoms with Crippen molar-refractivity contribution in [2.24, 2.45) is 0 Å². The maximum atomic E-state index is 3.67. The standard InChI is InChI=1S/C17H28N2/c1-3-17(4-2)18-11-14-19-12-9-15-7-5-6-8-16(15)10-13-19/h5-8,17-18H,3-4,9-14H2,1-2H3. The normalized spacial score (nSPS) is 16.4. The zero-order valence-corrected chi connectivity index (χ0v) is 12.5. The minimum absolute atomic E-state index is 0.698. The molecular weight excluding hydrogens is 232 g/mol. The van der Waals surface area contributed by atoms with Crippen LogP contribution in [0, 0.1) is 0 Å². The molecule has 1 aromatic rings. The molecule has 0 bridgehead atoms. The third-order valence-electron chi connectivity index (χ3n) is 4.36. The molecule has 0 unspecified atom stereocenters. The van der Waals surface area contributed by atoms with Crippen molar-refractivity contribution in [2.45, 2.75) is 45.6 Å². The molecule has 1 N–H and O–H groups in total. The van der Waals surface area contributed by atoms with E-state index in [0.717, 1.165) is 6.54 Å². The lowest BCUT2D eigenvalue weighted by Gasteiger charge is -2.22. The summed E-state index contributed by atoms with van der Waals surface area (Å²) in [6.45, 7) is 9.27. The highest BCUT2D eigenvalue weighted by atomic mass is 15.1. The van der Waals surface area contributed by atoms with Gasteiger partial charge in [-0.1, -0.05) is 38.1 Å². The van der Waals surface area contributed by atoms with E-state index in [1.54, 1.807) is 11.1 Å². The van der Waals surface area contributed by atoms with Crippen LogP contribution in [0.1, 0.15) is 37.8 Å². The lowest BCUT2D eigenvalue weighted by Crippen LogP contribution is -2.37. The van der Waals surface area contributed by atoms with Gasteiger partial charge in [-0.25, -0.2) is 0 Å². The number of nitrogens with zero attached hydrogens (tertiary/aromatic N) is 1. The molecule has 0 aliphatic carbocycles. The summed E-state index contributed by atoms with van der Waals surface area (Å²) in [5.74, 6) is 0. The van der Waals surface area contributed by atoms with Gasteiger partial charge in [-0.05, 0) is 36.8 Å². The molecule has 0 fully saturated rings. The topological polar surface area (TPSA) is 15.3 Å². The second-order valence-electron chi connectivity index (χ2n) is 5.58. The molecule has 0 saturated heterocycles. The summed E-state index contributed by atoms with van der Waals surface area (Å²) in [7, 11) is 0. The van der Waals surface area contributed by atoms with Gasteiger partial charge < -0.3 is 10.2 Å². The summed E-state index contributed by atoms with van der Waals surface area (Å²) in [4.78, 5) is 2.61. The molecule has 0 spiro atoms. The number of rotatable bonds is 6. The number of hydrogen-bond acceptors (Lipinski definition) is 2. The summed E-state index contributed by atoms with van der Waals surface area (Å²) < 4.78 is 0. The minimum atomic E-state index is 0.698. The molecule has 0 aromatic heterocycles. The number of nitrogens with one attached hydrogen (secondary N) is 1. The van der Waals surface area contributed by atoms with Crippen molar-refractivity contribution in [3.05, 3.63) is 35.4 Å². The monoisotopic (exact) mass is 260 g/mol. The molecule has 0 amide bonds. The fourth-order valence-electron chi connectivity index (χ4n) is 2.94. The van der Waals surface area contributed by atoms with Gasteiger partial charge in [0.05, 0.1) is 0 Å². The van der Waals surface area contributed by atoms with Crippen LogP contribution in [0.25, 0.3) is 0 Å². The van der Waals surface area contributed by atoms with E-state index < -0.39 is 0 Å². The average Bonchev–Trinajstić information content (AvgIpc) is 2.66. The Bertz CT molecular complexity index is 344. The van der Waals surface area contributed by atoms with E-state index in [2.05, 4.69) is 48.3 Å². The van der Waals surface area contributed by atoms with Crippen LogP contribution in [0.3, 0.4) is 0 Å². The van der Waals surface area contributed by atoms with Crippen LogP contribution < -0.4 is 5.32 Å². The van der Waals surface area contributed by atoms with Crippen molar-refractivity contribution < 1.29 is 0 Å². The van der Waals surface area contributed by atoms with Gasteiger partial charge in [0.2, 0.25) is 0 Å². The van der Waals surface area contributed by atoms with Crippen LogP contribution in [-0.2, 0) is 12.8 Å². The van der Waals surface area contributed by atoms with Gasteiger partial charge in [0, 0.05) is 32.2 Å². The fourth-order valence-corrected chi connectivity index (χ4v) is 2.94. The van der Waals surface area contributed by atoms with E-state index in [9.17, 15) is 0 Å². The first-order chi connectivity index (χ1) is 9.33. The molecule has 1 aromatic carbocycles. The van der Waals surface area contributed by atoms with Crippen molar-refractivity contribution in [3.8, 4) is 0 Å². The van der Waals surface area contributed by atoms with Crippen LogP contribution in [0.4, 0.5) is 0 Å². The second-order valence-corrected chi connectivity index (χ2v) is 5.58. The Morgan fingerprint density at radius 3 is 2.16 bits per heavy atom. The van der Waals surface area contributed by atoms with Gasteiger partial charge in [0.15, 0.2) is 0 Å². The van der Waals surface area contributed by atoms with Gasteiger partial charge in [0.25, 0.3) is 0 Å². The Morgan fingerprint density at radius 1 is 1.05 bits per heavy atom. The van der Waals surface area contributed by atoms with E-state index in [4.69, 9.17) is 0 Å². The van der Waals surface area contributed by atoms with E-state index in [0.29, 0.717) is 6.04 Å². The van der Waals surface area contributed by atoms with Crippen molar-refractivity contribution >= 4 is 0 Å². The molecule has 1 aliphatic rings. The van der Waals surface area contributed by atoms with Gasteiger partial charge in [-0.15, -0.1) is 0 Å². The maximum Gasteiger partial charge on any atom is 0.0107 e. The summed E-state index contributed by atoms with van der Waals surface area (Å²) in [5.41, 5.74) is 3.11. The molecule has 2 nitrogen and oxygen atoms in total. The number of hydrogen-bond donors (Lipinski definition) is 1. The third-order valence-corrected chi connectivity index (χ3v) is 4.36. The first-order valence-corrected chi connectivity index (χ1v) is 7.86. The van der Waals surface area contributed by atoms with Crippen LogP contribution >= 0.6 is 0 Å². The van der Waals surface area contributed by atoms with Gasteiger partial charge in [0.1, 0.15) is 0 Å². The highest BCUT2D eigenvalue weighted by molar-refractivity contribution is 5.28. The van der Waals surface area contributed by atoms with Crippen molar-refractivity contribution in [3.63, 3.8) is 0 Å². The van der Waals surface area contributed by atoms with Crippen LogP contribution in [0.15, 0.2) is 24.3 Å². The Morgan fingerprint density at radius 2 is 1.63 bits per heavy atom. The molecule has 2 rings (SSSR count). The molecule has 0 atom stereocenters. The fraction of sp³-hybridized carbons (Fsp3) is 0.647. The lowest BCUT2D eigenvalue weighted by molar-refractivity contribution is 0.279. The Balaban J connectivity index is 1.76. The van der Waals surface area contributed by atoms with Crippen LogP contribution in [-0.4, -0.2) is 37.1 Å². The predicted molar refractivity (Wildman–Crippen MR) is 82.7 cm³/mol. The molecule has 2 heteroatoms. The van der Waals surface area contributed by atoms with Crippen LogP contribution in [0.5, 0.6) is 0 Å². The van der Waals surface area contributed by atoms with Crippen LogP contribution in [0.2, 0.25) is 0 Å². The summed E-state index contributed by atoms with van der Waals surface area (Å²) in [6.07, 6.45) is 4.90. The quantitative estimate of drug-likeness (QED) is 0.846. The van der Waals surface area contributed by atoms with Crippen molar-refractivity contribution in [1.82, 2.24) is 10.2 Å². The van der Waals surface area contributed by atoms with E-state index in [-0.39, 0.29) is 0 Å². The molecule has 1 aliphatic heterocycles. The molecule has 106 valence electrons. The van der Waals surface area contributed by atoms with Gasteiger partial charge in [-0.2, -0.15) is 0 Å². The summed E-state index contributed by atoms with van der Waals surface area (Å²) >= 11 is 0. The smallest absolute Gasteiger partial charge is 0.0107 e. The zero-order chi connectivity index (χ0) is 13.5. The maximum absolute atomic E-state index is 3.67. The Hall–Kier alpha value is -0.860. The first kappa shape index (κ1) is 14.5. The molecule has 1 heterocycles. The second kappa shape index (κ2) is 7.66. The highest BCUT2D eigenvalue weighted by Crippen LogP contribution is 2.15. The SMILES string of the molecule is CCC(CC)NCCN1CCc2ccccc2CC1. The van der Waals surface area contributed by atoms with E-state index >= 15 is 0 Å². The van der Waals surface area contributed by atoms with Crippen molar-refractivity contribution in [2.75, 3.05) is 26.2 Å². The molecule has 0 saturated carbocycles. The highest BCUT2D eigenvalue weighted by Gasteiger charge is 2.13. The first-order valence-electron chi connectivity index (χ1n) is 7.86. The predicted octanol–water partition coefficient (Wildman–Crippen LogP) is 2.87. The minimum Gasteiger partial charge on any atom is -0.313 e. The van der Waals surface area contributed by atoms with E-state index in [1.807, 2.05) is 0 Å². The number of fused-ring (bicyclic) bond motifs is 1. The zero-order valence-electron chi connectivity index (χ0n) is 12.5. The third kappa shape index (κ3) is 4.32. The largest absolute Gasteiger partial charge is 0.313 e. The van der Waals surface area contributed by atoms with Gasteiger partial charge >= 0.3 is 0 Å². The Labute approximate surface area is 118 Å². The molecular formula is C17H28N2. The average molecular weight is 260 g/mol. The lowest BCUT2D eigenvalue weighted by atomic mass is 10.0. The van der Waals surface area contributed by atoms with Crippen molar-refractivity contribution in [1.29, 1.82) is 0 Å². The number of benzene rings is 1. The summed E-state index contributed by atoms with van der Waals surface area (Å²) in [5, 5.41) is 3.67. The van der Waals surface area contributed by atoms with Gasteiger partial charge in [-0.3, -0.25) is 0 Å². The summed E-state index contributed by atoms with van der Waals surface area (Å²) in [6, 6.07) is 9.62.